The number of aryl methyl sites for hydroxylation is 1. The second kappa shape index (κ2) is 4.86. The van der Waals surface area contributed by atoms with Crippen LogP contribution in [-0.2, 0) is 19.4 Å². The van der Waals surface area contributed by atoms with E-state index >= 15 is 0 Å². The topological polar surface area (TPSA) is 39.1 Å². The molecule has 0 radical (unpaired) electrons. The van der Waals surface area contributed by atoms with Gasteiger partial charge in [0.05, 0.1) is 5.56 Å². The molecule has 0 aliphatic heterocycles. The second-order valence-corrected chi connectivity index (χ2v) is 5.18. The largest absolute Gasteiger partial charge is 0.312 e. The zero-order valence-corrected chi connectivity index (χ0v) is 10.5. The summed E-state index contributed by atoms with van der Waals surface area (Å²) >= 11 is 0. The van der Waals surface area contributed by atoms with Crippen LogP contribution in [0.5, 0.6) is 0 Å². The van der Waals surface area contributed by atoms with E-state index in [9.17, 15) is 9.59 Å². The van der Waals surface area contributed by atoms with Crippen LogP contribution in [0.1, 0.15) is 48.3 Å². The van der Waals surface area contributed by atoms with Gasteiger partial charge in [-0.25, -0.2) is 0 Å². The minimum Gasteiger partial charge on any atom is -0.312 e. The van der Waals surface area contributed by atoms with Crippen molar-refractivity contribution in [2.24, 2.45) is 5.92 Å². The van der Waals surface area contributed by atoms with Crippen LogP contribution >= 0.6 is 0 Å². The Morgan fingerprint density at radius 1 is 1.41 bits per heavy atom. The molecule has 0 saturated carbocycles. The lowest BCUT2D eigenvalue weighted by molar-refractivity contribution is 0.112. The molecule has 0 saturated heterocycles. The van der Waals surface area contributed by atoms with Crippen molar-refractivity contribution in [3.63, 3.8) is 0 Å². The molecule has 1 aliphatic rings. The third-order valence-electron chi connectivity index (χ3n) is 3.44. The van der Waals surface area contributed by atoms with Crippen molar-refractivity contribution in [2.75, 3.05) is 0 Å². The average Bonchev–Trinajstić information content (AvgIpc) is 2.74. The maximum atomic E-state index is 12.1. The molecular formula is C14H19NO2. The molecule has 2 rings (SSSR count). The van der Waals surface area contributed by atoms with E-state index in [0.29, 0.717) is 17.8 Å². The molecule has 3 heteroatoms. The SMILES string of the molecule is CC(C)CCn1c2c(cc(C=O)c1=O)CCC2. The average molecular weight is 233 g/mol. The molecule has 0 N–H and O–H groups in total. The predicted octanol–water partition coefficient (Wildman–Crippen LogP) is 2.20. The van der Waals surface area contributed by atoms with E-state index in [0.717, 1.165) is 37.9 Å². The first kappa shape index (κ1) is 12.1. The van der Waals surface area contributed by atoms with Crippen LogP contribution in [0, 0.1) is 5.92 Å². The number of carbonyl (C=O) groups excluding carboxylic acids is 1. The highest BCUT2D eigenvalue weighted by atomic mass is 16.1. The van der Waals surface area contributed by atoms with Gasteiger partial charge in [-0.05, 0) is 43.2 Å². The molecule has 0 atom stereocenters. The smallest absolute Gasteiger partial charge is 0.261 e. The molecule has 92 valence electrons. The van der Waals surface area contributed by atoms with E-state index in [1.54, 1.807) is 6.07 Å². The van der Waals surface area contributed by atoms with Crippen molar-refractivity contribution in [1.29, 1.82) is 0 Å². The van der Waals surface area contributed by atoms with Gasteiger partial charge in [0.2, 0.25) is 0 Å². The quantitative estimate of drug-likeness (QED) is 0.748. The Morgan fingerprint density at radius 2 is 2.18 bits per heavy atom. The summed E-state index contributed by atoms with van der Waals surface area (Å²) in [4.78, 5) is 23.0. The molecular weight excluding hydrogens is 214 g/mol. The number of fused-ring (bicyclic) bond motifs is 1. The maximum absolute atomic E-state index is 12.1. The highest BCUT2D eigenvalue weighted by Crippen LogP contribution is 2.21. The second-order valence-electron chi connectivity index (χ2n) is 5.18. The summed E-state index contributed by atoms with van der Waals surface area (Å²) in [5, 5.41) is 0. The molecule has 0 unspecified atom stereocenters. The van der Waals surface area contributed by atoms with Crippen LogP contribution in [0.2, 0.25) is 0 Å². The number of nitrogens with zero attached hydrogens (tertiary/aromatic N) is 1. The van der Waals surface area contributed by atoms with E-state index in [1.165, 1.54) is 5.56 Å². The van der Waals surface area contributed by atoms with E-state index < -0.39 is 0 Å². The van der Waals surface area contributed by atoms with E-state index in [2.05, 4.69) is 13.8 Å². The Labute approximate surface area is 101 Å². The van der Waals surface area contributed by atoms with Gasteiger partial charge in [-0.1, -0.05) is 13.8 Å². The molecule has 1 aliphatic carbocycles. The van der Waals surface area contributed by atoms with E-state index in [4.69, 9.17) is 0 Å². The molecule has 0 spiro atoms. The summed E-state index contributed by atoms with van der Waals surface area (Å²) in [6.07, 6.45) is 4.74. The van der Waals surface area contributed by atoms with Gasteiger partial charge in [-0.3, -0.25) is 9.59 Å². The molecule has 0 aromatic carbocycles. The van der Waals surface area contributed by atoms with Crippen molar-refractivity contribution in [3.05, 3.63) is 33.2 Å². The molecule has 0 fully saturated rings. The van der Waals surface area contributed by atoms with E-state index in [1.807, 2.05) is 4.57 Å². The Bertz CT molecular complexity index is 486. The number of hydrogen-bond acceptors (Lipinski definition) is 2. The molecule has 1 aromatic heterocycles. The summed E-state index contributed by atoms with van der Waals surface area (Å²) in [5.74, 6) is 0.568. The molecule has 1 aromatic rings. The number of pyridine rings is 1. The molecule has 0 bridgehead atoms. The van der Waals surface area contributed by atoms with Gasteiger partial charge in [0.1, 0.15) is 0 Å². The Kier molecular flexibility index (Phi) is 3.46. The van der Waals surface area contributed by atoms with Crippen molar-refractivity contribution >= 4 is 6.29 Å². The Morgan fingerprint density at radius 3 is 2.82 bits per heavy atom. The van der Waals surface area contributed by atoms with Gasteiger partial charge in [0, 0.05) is 12.2 Å². The van der Waals surface area contributed by atoms with Gasteiger partial charge in [0.15, 0.2) is 6.29 Å². The normalized spacial score (nSPS) is 14.1. The zero-order valence-electron chi connectivity index (χ0n) is 10.5. The van der Waals surface area contributed by atoms with Gasteiger partial charge in [-0.2, -0.15) is 0 Å². The monoisotopic (exact) mass is 233 g/mol. The Hall–Kier alpha value is -1.38. The fraction of sp³-hybridized carbons (Fsp3) is 0.571. The first-order valence-electron chi connectivity index (χ1n) is 6.34. The van der Waals surface area contributed by atoms with Crippen LogP contribution in [0.4, 0.5) is 0 Å². The van der Waals surface area contributed by atoms with Crippen LogP contribution in [-0.4, -0.2) is 10.9 Å². The van der Waals surface area contributed by atoms with Gasteiger partial charge in [0.25, 0.3) is 5.56 Å². The standard InChI is InChI=1S/C14H19NO2/c1-10(2)6-7-15-13-5-3-4-11(13)8-12(9-16)14(15)17/h8-10H,3-7H2,1-2H3. The molecule has 0 amide bonds. The fourth-order valence-electron chi connectivity index (χ4n) is 2.45. The Balaban J connectivity index is 2.44. The highest BCUT2D eigenvalue weighted by molar-refractivity contribution is 5.74. The van der Waals surface area contributed by atoms with Crippen LogP contribution in [0.15, 0.2) is 10.9 Å². The first-order valence-corrected chi connectivity index (χ1v) is 6.34. The third-order valence-corrected chi connectivity index (χ3v) is 3.44. The third kappa shape index (κ3) is 2.33. The maximum Gasteiger partial charge on any atom is 0.261 e. The van der Waals surface area contributed by atoms with Crippen molar-refractivity contribution in [2.45, 2.75) is 46.1 Å². The van der Waals surface area contributed by atoms with Gasteiger partial charge < -0.3 is 4.57 Å². The van der Waals surface area contributed by atoms with Crippen molar-refractivity contribution in [1.82, 2.24) is 4.57 Å². The van der Waals surface area contributed by atoms with Crippen LogP contribution in [0.3, 0.4) is 0 Å². The summed E-state index contributed by atoms with van der Waals surface area (Å²) in [6, 6.07) is 1.78. The molecule has 17 heavy (non-hydrogen) atoms. The predicted molar refractivity (Wildman–Crippen MR) is 67.6 cm³/mol. The van der Waals surface area contributed by atoms with E-state index in [-0.39, 0.29) is 5.56 Å². The number of hydrogen-bond donors (Lipinski definition) is 0. The van der Waals surface area contributed by atoms with Crippen LogP contribution < -0.4 is 5.56 Å². The van der Waals surface area contributed by atoms with Gasteiger partial charge >= 0.3 is 0 Å². The highest BCUT2D eigenvalue weighted by Gasteiger charge is 2.18. The van der Waals surface area contributed by atoms with Crippen molar-refractivity contribution < 1.29 is 4.79 Å². The minimum absolute atomic E-state index is 0.110. The number of rotatable bonds is 4. The molecule has 3 nitrogen and oxygen atoms in total. The van der Waals surface area contributed by atoms with Gasteiger partial charge in [-0.15, -0.1) is 0 Å². The molecule has 1 heterocycles. The summed E-state index contributed by atoms with van der Waals surface area (Å²) in [6.45, 7) is 5.03. The van der Waals surface area contributed by atoms with Crippen molar-refractivity contribution in [3.8, 4) is 0 Å². The summed E-state index contributed by atoms with van der Waals surface area (Å²) < 4.78 is 1.83. The number of carbonyl (C=O) groups is 1. The lowest BCUT2D eigenvalue weighted by atomic mass is 10.1. The lowest BCUT2D eigenvalue weighted by Gasteiger charge is -2.14. The van der Waals surface area contributed by atoms with Crippen LogP contribution in [0.25, 0.3) is 0 Å². The fourth-order valence-corrected chi connectivity index (χ4v) is 2.45. The number of aldehydes is 1. The minimum atomic E-state index is -0.110. The first-order chi connectivity index (χ1) is 8.13. The lowest BCUT2D eigenvalue weighted by Crippen LogP contribution is -2.27. The summed E-state index contributed by atoms with van der Waals surface area (Å²) in [7, 11) is 0. The number of aromatic nitrogens is 1. The summed E-state index contributed by atoms with van der Waals surface area (Å²) in [5.41, 5.74) is 2.55. The zero-order chi connectivity index (χ0) is 12.4.